The van der Waals surface area contributed by atoms with E-state index in [1.54, 1.807) is 103 Å². The molecule has 1 atom stereocenters. The molecule has 13 aromatic rings. The molecule has 0 amide bonds. The molecule has 3 aliphatic heterocycles. The van der Waals surface area contributed by atoms with Gasteiger partial charge in [-0.05, 0) is 233 Å². The van der Waals surface area contributed by atoms with Gasteiger partial charge in [-0.25, -0.2) is 29.3 Å². The van der Waals surface area contributed by atoms with Crippen LogP contribution >= 0.6 is 0 Å². The summed E-state index contributed by atoms with van der Waals surface area (Å²) in [4.78, 5) is 78.9. The first-order chi connectivity index (χ1) is 56.4. The summed E-state index contributed by atoms with van der Waals surface area (Å²) in [6.07, 6.45) is 26.8. The minimum atomic E-state index is -0.399. The van der Waals surface area contributed by atoms with E-state index < -0.39 is 5.82 Å². The van der Waals surface area contributed by atoms with Gasteiger partial charge in [-0.15, -0.1) is 0 Å². The maximum atomic E-state index is 14.4. The Hall–Kier alpha value is -12.7. The number of halogens is 1. The van der Waals surface area contributed by atoms with Crippen LogP contribution < -0.4 is 61.3 Å². The third kappa shape index (κ3) is 17.8. The number of aromatic nitrogens is 10. The fourth-order valence-electron chi connectivity index (χ4n) is 15.1. The number of fused-ring (bicyclic) bond motifs is 5. The van der Waals surface area contributed by atoms with Gasteiger partial charge in [-0.3, -0.25) is 41.7 Å². The minimum Gasteiger partial charge on any atom is -0.493 e. The largest absolute Gasteiger partial charge is 0.493 e. The number of methoxy groups -OCH3 is 6. The van der Waals surface area contributed by atoms with E-state index >= 15 is 0 Å². The van der Waals surface area contributed by atoms with Crippen LogP contribution in [0.2, 0.25) is 0 Å². The average molecular weight is 1560 g/mol. The molecule has 10 aromatic heterocycles. The number of benzene rings is 3. The number of hydrogen-bond donors (Lipinski definition) is 2. The van der Waals surface area contributed by atoms with Gasteiger partial charge in [0.25, 0.3) is 22.2 Å². The SMILES string of the molecule is CCCN(C)C1CC=C(c2ccc3nc(-c4ccc(OC)c(OC)c4)cc(=O)n3c2)CC1.CCN1CC=C(c2ccc3nc(-c4ccc(OC)c(OC)c4)cc(=O)n3c2)CC1.COc1ccc(-c2ccc3nc(C4=CCNCC4)cc(=O)n3c2)cc1OC.Cc1cn2cc(-c3ccc4nc(C5=CCNCC5)cc(=O)n4c3)cc(F)c2n1. The normalized spacial score (nSPS) is 14.9. The van der Waals surface area contributed by atoms with E-state index in [1.165, 1.54) is 28.0 Å². The van der Waals surface area contributed by atoms with Crippen molar-refractivity contribution in [3.05, 3.63) is 270 Å². The number of rotatable bonds is 18. The molecular weight excluding hydrogens is 1470 g/mol. The van der Waals surface area contributed by atoms with Crippen molar-refractivity contribution in [3.8, 4) is 79.3 Å². The molecule has 0 saturated carbocycles. The fraction of sp³-hybridized carbons (Fsp3) is 0.286. The van der Waals surface area contributed by atoms with Crippen LogP contribution in [0.3, 0.4) is 0 Å². The summed E-state index contributed by atoms with van der Waals surface area (Å²) >= 11 is 0. The molecule has 2 N–H and O–H groups in total. The Labute approximate surface area is 670 Å². The number of allylic oxidation sites excluding steroid dienone is 1. The molecule has 0 spiro atoms. The van der Waals surface area contributed by atoms with Gasteiger partial charge in [0, 0.05) is 116 Å². The standard InChI is InChI=1S/C26H31N3O3.C23H25N3O3.C21H18FN5O.C21H21N3O3/c1-5-14-28(2)21-10-6-18(7-11-21)20-9-13-25-27-22(16-26(30)29(25)17-20)19-8-12-23(31-3)24(15-19)32-4;1-4-25-11-9-16(10-12-25)18-6-8-22-24-19(14-23(27)26(22)15-18)17-5-7-20(28-2)21(13-17)29-3;1-13-10-26-11-16(8-17(22)21(26)24-13)15-2-3-19-25-18(9-20(28)27(19)12-15)14-4-6-23-7-5-14;1-26-18-5-3-15(11-19(18)27-2)16-4-6-20-23-17(12-21(25)24(20)13-16)14-7-9-22-10-8-14/h6,8-9,12-13,15-17,21H,5,7,10-11,14H2,1-4H3;5-9,13-15H,4,10-12H2,1-3H3;2-4,8-12,23H,5-7H2,1H3;3-7,11-13,22H,8-10H2,1-2H3. The molecule has 0 radical (unpaired) electrons. The summed E-state index contributed by atoms with van der Waals surface area (Å²) in [5.41, 5.74) is 17.6. The van der Waals surface area contributed by atoms with E-state index in [-0.39, 0.29) is 22.2 Å². The summed E-state index contributed by atoms with van der Waals surface area (Å²) in [6.45, 7) is 13.8. The zero-order valence-electron chi connectivity index (χ0n) is 67.0. The van der Waals surface area contributed by atoms with Gasteiger partial charge >= 0.3 is 0 Å². The van der Waals surface area contributed by atoms with Crippen LogP contribution in [-0.2, 0) is 0 Å². The van der Waals surface area contributed by atoms with Gasteiger partial charge in [-0.1, -0.05) is 44.2 Å². The number of aryl methyl sites for hydroxylation is 1. The van der Waals surface area contributed by atoms with Crippen LogP contribution in [-0.4, -0.2) is 165 Å². The van der Waals surface area contributed by atoms with E-state index in [2.05, 4.69) is 91.6 Å². The topological polar surface area (TPSA) is 241 Å². The molecule has 3 aromatic carbocycles. The second-order valence-corrected chi connectivity index (χ2v) is 28.8. The predicted octanol–water partition coefficient (Wildman–Crippen LogP) is 13.7. The zero-order chi connectivity index (χ0) is 81.1. The average Bonchev–Trinajstić information content (AvgIpc) is 1.24. The summed E-state index contributed by atoms with van der Waals surface area (Å²) in [7, 11) is 11.8. The van der Waals surface area contributed by atoms with Crippen LogP contribution in [0.1, 0.15) is 87.0 Å². The van der Waals surface area contributed by atoms with E-state index in [4.69, 9.17) is 33.4 Å². The van der Waals surface area contributed by atoms with Crippen molar-refractivity contribution < 1.29 is 32.8 Å². The van der Waals surface area contributed by atoms with Crippen molar-refractivity contribution in [2.75, 3.05) is 102 Å². The maximum absolute atomic E-state index is 14.4. The van der Waals surface area contributed by atoms with E-state index in [0.29, 0.717) is 85.7 Å². The highest BCUT2D eigenvalue weighted by Gasteiger charge is 2.22. The second-order valence-electron chi connectivity index (χ2n) is 28.8. The molecule has 596 valence electrons. The van der Waals surface area contributed by atoms with Crippen LogP contribution in [0.25, 0.3) is 95.3 Å². The number of likely N-dealkylation sites (N-methyl/N-ethyl adjacent to an activating group) is 1. The van der Waals surface area contributed by atoms with Crippen molar-refractivity contribution >= 4 is 50.5 Å². The number of nitrogens with zero attached hydrogens (tertiary/aromatic N) is 12. The van der Waals surface area contributed by atoms with Gasteiger partial charge < -0.3 is 48.4 Å². The lowest BCUT2D eigenvalue weighted by atomic mass is 9.90. The Balaban J connectivity index is 0.000000128. The van der Waals surface area contributed by atoms with Gasteiger partial charge in [0.2, 0.25) is 0 Å². The van der Waals surface area contributed by atoms with Crippen LogP contribution in [0.4, 0.5) is 4.39 Å². The molecule has 4 aliphatic rings. The molecule has 1 unspecified atom stereocenters. The molecule has 0 fully saturated rings. The number of hydrogen-bond acceptors (Lipinski definition) is 19. The third-order valence-electron chi connectivity index (χ3n) is 21.5. The predicted molar refractivity (Wildman–Crippen MR) is 455 cm³/mol. The first-order valence-electron chi connectivity index (χ1n) is 39.0. The van der Waals surface area contributed by atoms with Crippen molar-refractivity contribution in [2.24, 2.45) is 0 Å². The highest BCUT2D eigenvalue weighted by Crippen LogP contribution is 2.37. The van der Waals surface area contributed by atoms with Crippen LogP contribution in [0.15, 0.2) is 214 Å². The quantitative estimate of drug-likeness (QED) is 0.0811. The maximum Gasteiger partial charge on any atom is 0.258 e. The summed E-state index contributed by atoms with van der Waals surface area (Å²) in [6, 6.07) is 40.6. The highest BCUT2D eigenvalue weighted by atomic mass is 19.1. The Bertz CT molecular complexity index is 6240. The Kier molecular flexibility index (Phi) is 25.0. The number of imidazole rings is 1. The smallest absolute Gasteiger partial charge is 0.258 e. The monoisotopic (exact) mass is 1560 g/mol. The van der Waals surface area contributed by atoms with Gasteiger partial charge in [-0.2, -0.15) is 0 Å². The highest BCUT2D eigenvalue weighted by molar-refractivity contribution is 5.74. The van der Waals surface area contributed by atoms with E-state index in [0.717, 1.165) is 158 Å². The summed E-state index contributed by atoms with van der Waals surface area (Å²) < 4.78 is 54.4. The third-order valence-corrected chi connectivity index (χ3v) is 21.5. The lowest BCUT2D eigenvalue weighted by molar-refractivity contribution is 0.229. The molecule has 1 aliphatic carbocycles. The second kappa shape index (κ2) is 36.2. The van der Waals surface area contributed by atoms with E-state index in [1.807, 2.05) is 123 Å². The molecule has 0 bridgehead atoms. The minimum absolute atomic E-state index is 0.0863. The first kappa shape index (κ1) is 79.9. The van der Waals surface area contributed by atoms with Gasteiger partial charge in [0.1, 0.15) is 22.6 Å². The zero-order valence-corrected chi connectivity index (χ0v) is 67.0. The Morgan fingerprint density at radius 2 is 0.853 bits per heavy atom. The van der Waals surface area contributed by atoms with Crippen molar-refractivity contribution in [2.45, 2.75) is 71.8 Å². The van der Waals surface area contributed by atoms with Crippen molar-refractivity contribution in [1.82, 2.24) is 67.4 Å². The lowest BCUT2D eigenvalue weighted by Crippen LogP contribution is -2.33. The molecule has 116 heavy (non-hydrogen) atoms. The van der Waals surface area contributed by atoms with Gasteiger partial charge in [0.05, 0.1) is 71.1 Å². The van der Waals surface area contributed by atoms with Crippen molar-refractivity contribution in [1.29, 1.82) is 0 Å². The summed E-state index contributed by atoms with van der Waals surface area (Å²) in [5, 5.41) is 6.53. The molecule has 17 rings (SSSR count). The van der Waals surface area contributed by atoms with Gasteiger partial charge in [0.15, 0.2) is 46.0 Å². The number of ether oxygens (including phenoxy) is 6. The van der Waals surface area contributed by atoms with Crippen LogP contribution in [0.5, 0.6) is 34.5 Å². The fourth-order valence-corrected chi connectivity index (χ4v) is 15.1. The van der Waals surface area contributed by atoms with E-state index in [9.17, 15) is 23.6 Å². The van der Waals surface area contributed by atoms with Crippen LogP contribution in [0, 0.1) is 12.7 Å². The Morgan fingerprint density at radius 3 is 1.28 bits per heavy atom. The molecule has 0 saturated heterocycles. The van der Waals surface area contributed by atoms with Crippen molar-refractivity contribution in [3.63, 3.8) is 0 Å². The molecular formula is C91H95FN14O10. The molecule has 13 heterocycles. The number of nitrogens with one attached hydrogen (secondary N) is 2. The Morgan fingerprint density at radius 1 is 0.431 bits per heavy atom. The lowest BCUT2D eigenvalue weighted by Gasteiger charge is -2.30. The molecule has 24 nitrogen and oxygen atoms in total. The first-order valence-corrected chi connectivity index (χ1v) is 39.0. The summed E-state index contributed by atoms with van der Waals surface area (Å²) in [5.74, 6) is 3.41. The molecule has 25 heteroatoms. The number of pyridine rings is 5.